The molecule has 12 amide bonds. The Morgan fingerprint density at radius 1 is 0.261 bits per heavy atom. The molecule has 6 aromatic rings. The molecule has 1 fully saturated rings. The van der Waals surface area contributed by atoms with Gasteiger partial charge in [-0.2, -0.15) is 0 Å². The van der Waals surface area contributed by atoms with Crippen LogP contribution in [0, 0.1) is 0 Å². The van der Waals surface area contributed by atoms with Crippen LogP contribution in [0.15, 0.2) is 182 Å². The van der Waals surface area contributed by atoms with Crippen LogP contribution >= 0.6 is 0 Å². The van der Waals surface area contributed by atoms with E-state index in [2.05, 4.69) is 37.2 Å². The number of carbonyl (C=O) groups excluding carboxylic acids is 12. The molecule has 0 unspecified atom stereocenters. The van der Waals surface area contributed by atoms with E-state index in [4.69, 9.17) is 28.4 Å². The van der Waals surface area contributed by atoms with Crippen molar-refractivity contribution in [1.82, 2.24) is 66.6 Å². The fourth-order valence-electron chi connectivity index (χ4n) is 11.2. The molecular weight excluding hydrogens is 1430 g/mol. The molecule has 0 saturated carbocycles. The minimum Gasteiger partial charge on any atom is -0.445 e. The summed E-state index contributed by atoms with van der Waals surface area (Å²) in [6.07, 6.45) is -6.19. The van der Waals surface area contributed by atoms with Crippen molar-refractivity contribution in [3.05, 3.63) is 215 Å². The van der Waals surface area contributed by atoms with E-state index in [1.807, 2.05) is 84.9 Å². The first-order chi connectivity index (χ1) is 54.0. The van der Waals surface area contributed by atoms with Gasteiger partial charge >= 0.3 is 36.6 Å². The molecule has 0 spiro atoms. The molecule has 1 saturated heterocycles. The zero-order valence-corrected chi connectivity index (χ0v) is 62.5. The van der Waals surface area contributed by atoms with Gasteiger partial charge in [-0.3, -0.25) is 28.8 Å². The lowest BCUT2D eigenvalue weighted by Gasteiger charge is -2.32. The normalized spacial score (nSPS) is 12.2. The molecule has 31 nitrogen and oxygen atoms in total. The summed E-state index contributed by atoms with van der Waals surface area (Å²) in [7, 11) is 0. The van der Waals surface area contributed by atoms with Gasteiger partial charge in [0.2, 0.25) is 35.4 Å². The Bertz CT molecular complexity index is 3490. The number of hydrogen-bond donors (Lipinski definition) is 7. The van der Waals surface area contributed by atoms with Gasteiger partial charge in [-0.05, 0) is 33.4 Å². The average molecular weight is 1530 g/mol. The van der Waals surface area contributed by atoms with Crippen molar-refractivity contribution in [3.8, 4) is 0 Å². The third kappa shape index (κ3) is 35.5. The molecule has 0 aliphatic carbocycles. The van der Waals surface area contributed by atoms with Crippen molar-refractivity contribution >= 4 is 72.0 Å². The molecule has 1 heterocycles. The number of ether oxygens (including phenoxy) is 6. The second-order valence-corrected chi connectivity index (χ2v) is 25.5. The van der Waals surface area contributed by atoms with Crippen molar-refractivity contribution in [2.45, 2.75) is 78.2 Å². The first kappa shape index (κ1) is 86.0. The standard InChI is InChI=1S/C80H101N13O18/c94-69(88(47-39-82-75(100)106-57-63-19-7-1-8-20-63)48-40-83-76(101)107-58-64-21-9-2-10-22-64)31-34-72(97)91-45-37-81-38-46-92(73(98)35-32-70(95)89(49-41-84-77(102)108-59-65-23-11-3-12-24-65)50-42-85-78(103)109-60-66-25-13-4-14-26-66)54-56-93(55-53-91)74(99)36-33-71(96)90(51-43-86-79(104)110-61-67-27-15-5-16-28-67)52-44-87-80(105)111-62-68-29-17-6-18-30-68/h1-30,81H,31-62H2,(H,82,100)(H,83,101)(H,84,102)(H,85,103)(H,86,104)(H,87,105). The van der Waals surface area contributed by atoms with Gasteiger partial charge in [0.15, 0.2) is 0 Å². The highest BCUT2D eigenvalue weighted by molar-refractivity contribution is 5.86. The zero-order chi connectivity index (χ0) is 78.9. The van der Waals surface area contributed by atoms with Gasteiger partial charge in [0.1, 0.15) is 39.6 Å². The number of amides is 12. The minimum absolute atomic E-state index is 0.00572. The lowest BCUT2D eigenvalue weighted by Crippen LogP contribution is -2.49. The second-order valence-electron chi connectivity index (χ2n) is 25.5. The van der Waals surface area contributed by atoms with E-state index in [1.165, 1.54) is 29.4 Å². The first-order valence-corrected chi connectivity index (χ1v) is 37.1. The van der Waals surface area contributed by atoms with Gasteiger partial charge in [0.05, 0.1) is 0 Å². The summed E-state index contributed by atoms with van der Waals surface area (Å²) >= 11 is 0. The summed E-state index contributed by atoms with van der Waals surface area (Å²) in [6.45, 7) is -0.109. The highest BCUT2D eigenvalue weighted by atomic mass is 16.6. The SMILES string of the molecule is O=C(NCCN(CCNC(=O)OCc1ccccc1)C(=O)CCC(=O)N1CCNCCN(C(=O)CCC(=O)N(CCNC(=O)OCc2ccccc2)CCNC(=O)OCc2ccccc2)CCN(C(=O)CCC(=O)N(CCNC(=O)OCc2ccccc2)CCNC(=O)OCc2ccccc2)CC1)OCc1ccccc1. The van der Waals surface area contributed by atoms with Gasteiger partial charge in [0, 0.05) is 169 Å². The van der Waals surface area contributed by atoms with E-state index < -0.39 is 72.0 Å². The highest BCUT2D eigenvalue weighted by Crippen LogP contribution is 2.13. The fraction of sp³-hybridized carbons (Fsp3) is 0.400. The number of alkyl carbamates (subject to hydrolysis) is 6. The van der Waals surface area contributed by atoms with Gasteiger partial charge in [-0.25, -0.2) is 28.8 Å². The Balaban J connectivity index is 1.02. The van der Waals surface area contributed by atoms with Crippen LogP contribution in [0.4, 0.5) is 28.8 Å². The molecule has 31 heteroatoms. The molecule has 1 aliphatic heterocycles. The Labute approximate surface area is 646 Å². The molecular formula is C80H101N13O18. The molecule has 1 aliphatic rings. The monoisotopic (exact) mass is 1530 g/mol. The molecule has 0 radical (unpaired) electrons. The van der Waals surface area contributed by atoms with Gasteiger partial charge in [-0.1, -0.05) is 182 Å². The lowest BCUT2D eigenvalue weighted by atomic mass is 10.2. The van der Waals surface area contributed by atoms with E-state index in [1.54, 1.807) is 97.1 Å². The molecule has 7 rings (SSSR count). The quantitative estimate of drug-likeness (QED) is 0.0204. The number of benzene rings is 6. The van der Waals surface area contributed by atoms with Gasteiger partial charge in [0.25, 0.3) is 0 Å². The van der Waals surface area contributed by atoms with Gasteiger partial charge in [-0.15, -0.1) is 0 Å². The molecule has 594 valence electrons. The van der Waals surface area contributed by atoms with E-state index in [0.717, 1.165) is 33.4 Å². The van der Waals surface area contributed by atoms with Crippen molar-refractivity contribution < 1.29 is 86.0 Å². The Hall–Kier alpha value is -12.3. The van der Waals surface area contributed by atoms with Crippen molar-refractivity contribution in [2.75, 3.05) is 131 Å². The predicted octanol–water partition coefficient (Wildman–Crippen LogP) is 6.46. The number of nitrogens with zero attached hydrogens (tertiary/aromatic N) is 6. The van der Waals surface area contributed by atoms with Crippen molar-refractivity contribution in [2.24, 2.45) is 0 Å². The maximum atomic E-state index is 14.7. The minimum atomic E-state index is -0.740. The van der Waals surface area contributed by atoms with Crippen LogP contribution in [0.1, 0.15) is 71.9 Å². The van der Waals surface area contributed by atoms with Crippen LogP contribution in [-0.4, -0.2) is 232 Å². The fourth-order valence-corrected chi connectivity index (χ4v) is 11.2. The Morgan fingerprint density at radius 3 is 0.631 bits per heavy atom. The third-order valence-electron chi connectivity index (χ3n) is 17.4. The van der Waals surface area contributed by atoms with E-state index >= 15 is 0 Å². The zero-order valence-electron chi connectivity index (χ0n) is 62.5. The predicted molar refractivity (Wildman–Crippen MR) is 408 cm³/mol. The lowest BCUT2D eigenvalue weighted by molar-refractivity contribution is -0.140. The van der Waals surface area contributed by atoms with Gasteiger partial charge < -0.3 is 95.0 Å². The van der Waals surface area contributed by atoms with Crippen LogP contribution in [0.2, 0.25) is 0 Å². The van der Waals surface area contributed by atoms with Crippen LogP contribution in [0.5, 0.6) is 0 Å². The van der Waals surface area contributed by atoms with Crippen LogP contribution in [-0.2, 0) is 96.8 Å². The average Bonchev–Trinajstić information content (AvgIpc) is 0.877. The summed E-state index contributed by atoms with van der Waals surface area (Å²) in [5.41, 5.74) is 4.58. The van der Waals surface area contributed by atoms with E-state index in [-0.39, 0.29) is 209 Å². The summed E-state index contributed by atoms with van der Waals surface area (Å²) in [6, 6.07) is 54.3. The maximum Gasteiger partial charge on any atom is 0.407 e. The molecule has 111 heavy (non-hydrogen) atoms. The summed E-state index contributed by atoms with van der Waals surface area (Å²) < 4.78 is 32.2. The Kier molecular flexibility index (Phi) is 39.0. The van der Waals surface area contributed by atoms with E-state index in [9.17, 15) is 57.5 Å². The molecule has 0 atom stereocenters. The highest BCUT2D eigenvalue weighted by Gasteiger charge is 2.27. The molecule has 6 aromatic carbocycles. The van der Waals surface area contributed by atoms with Crippen molar-refractivity contribution in [3.63, 3.8) is 0 Å². The van der Waals surface area contributed by atoms with Crippen LogP contribution in [0.25, 0.3) is 0 Å². The summed E-state index contributed by atoms with van der Waals surface area (Å²) in [5.74, 6) is -2.84. The number of nitrogens with one attached hydrogen (secondary N) is 7. The number of hydrogen-bond acceptors (Lipinski definition) is 19. The molecule has 0 aromatic heterocycles. The van der Waals surface area contributed by atoms with Crippen LogP contribution < -0.4 is 37.2 Å². The summed E-state index contributed by atoms with van der Waals surface area (Å²) in [5, 5.41) is 19.2. The third-order valence-corrected chi connectivity index (χ3v) is 17.4. The maximum absolute atomic E-state index is 14.7. The largest absolute Gasteiger partial charge is 0.445 e. The van der Waals surface area contributed by atoms with Crippen molar-refractivity contribution in [1.29, 1.82) is 0 Å². The van der Waals surface area contributed by atoms with E-state index in [0.29, 0.717) is 0 Å². The number of carbonyl (C=O) groups is 12. The topological polar surface area (TPSA) is 364 Å². The Morgan fingerprint density at radius 2 is 0.441 bits per heavy atom. The molecule has 0 bridgehead atoms. The summed E-state index contributed by atoms with van der Waals surface area (Å²) in [4.78, 5) is 171. The van der Waals surface area contributed by atoms with Crippen LogP contribution in [0.3, 0.4) is 0 Å². The molecule has 7 N–H and O–H groups in total. The smallest absolute Gasteiger partial charge is 0.407 e. The second kappa shape index (κ2) is 50.4. The number of rotatable bonds is 39. The first-order valence-electron chi connectivity index (χ1n) is 37.1.